The lowest BCUT2D eigenvalue weighted by Gasteiger charge is -2.40. The first-order valence-corrected chi connectivity index (χ1v) is 6.77. The van der Waals surface area contributed by atoms with Gasteiger partial charge in [-0.15, -0.1) is 0 Å². The van der Waals surface area contributed by atoms with E-state index < -0.39 is 34.5 Å². The number of nitrogens with one attached hydrogen (secondary N) is 1. The van der Waals surface area contributed by atoms with Crippen LogP contribution < -0.4 is 5.32 Å². The number of allylic oxidation sites excluding steroid dienone is 1. The summed E-state index contributed by atoms with van der Waals surface area (Å²) < 4.78 is 81.3. The van der Waals surface area contributed by atoms with E-state index in [1.807, 2.05) is 0 Å². The Bertz CT molecular complexity index is 636. The second kappa shape index (κ2) is 5.39. The van der Waals surface area contributed by atoms with E-state index in [4.69, 9.17) is 34.8 Å². The average Bonchev–Trinajstić information content (AvgIpc) is 2.43. The molecule has 0 spiro atoms. The molecule has 0 saturated heterocycles. The summed E-state index contributed by atoms with van der Waals surface area (Å²) in [7, 11) is 0. The molecule has 10 heteroatoms. The zero-order valence-corrected chi connectivity index (χ0v) is 12.6. The van der Waals surface area contributed by atoms with Crippen LogP contribution in [0.15, 0.2) is 24.3 Å². The largest absolute Gasteiger partial charge is 0.368 e. The van der Waals surface area contributed by atoms with E-state index in [1.165, 1.54) is 5.32 Å². The number of hydrogen-bond donors (Lipinski definition) is 1. The number of hydrogen-bond acceptors (Lipinski definition) is 1. The van der Waals surface area contributed by atoms with Crippen molar-refractivity contribution in [1.82, 2.24) is 0 Å². The van der Waals surface area contributed by atoms with Gasteiger partial charge in [0.15, 0.2) is 6.17 Å². The number of rotatable bonds is 2. The average molecular weight is 385 g/mol. The monoisotopic (exact) mass is 383 g/mol. The SMILES string of the molecule is FC1C=CC(F)(Nc2ccc(Cl)c(Cl)c2Cl)C(F)(F)C1(F)F. The molecule has 2 rings (SSSR count). The first-order chi connectivity index (χ1) is 9.94. The molecule has 1 aromatic carbocycles. The Balaban J connectivity index is 2.48. The van der Waals surface area contributed by atoms with Crippen LogP contribution in [0.3, 0.4) is 0 Å². The predicted molar refractivity (Wildman–Crippen MR) is 72.9 cm³/mol. The highest BCUT2D eigenvalue weighted by Crippen LogP contribution is 2.52. The van der Waals surface area contributed by atoms with Gasteiger partial charge in [0.25, 0.3) is 5.79 Å². The van der Waals surface area contributed by atoms with Crippen LogP contribution in [-0.4, -0.2) is 23.8 Å². The van der Waals surface area contributed by atoms with Gasteiger partial charge in [0.05, 0.1) is 20.8 Å². The fourth-order valence-corrected chi connectivity index (χ4v) is 2.38. The van der Waals surface area contributed by atoms with E-state index in [0.29, 0.717) is 0 Å². The standard InChI is InChI=1S/C12H6Cl3F6N/c13-5-1-2-6(9(15)8(5)14)22-10(17)4-3-7(16)11(18,19)12(10,20)21/h1-4,7,22H. The smallest absolute Gasteiger partial charge is 0.344 e. The quantitative estimate of drug-likeness (QED) is 0.290. The molecule has 0 heterocycles. The second-order valence-electron chi connectivity index (χ2n) is 4.52. The molecule has 0 bridgehead atoms. The fourth-order valence-electron chi connectivity index (χ4n) is 1.80. The third-order valence-electron chi connectivity index (χ3n) is 3.07. The van der Waals surface area contributed by atoms with Gasteiger partial charge in [-0.05, 0) is 24.3 Å². The molecule has 1 aromatic rings. The molecule has 1 nitrogen and oxygen atoms in total. The molecule has 0 amide bonds. The van der Waals surface area contributed by atoms with Gasteiger partial charge in [-0.25, -0.2) is 8.78 Å². The Morgan fingerprint density at radius 3 is 2.14 bits per heavy atom. The third-order valence-corrected chi connectivity index (χ3v) is 4.36. The predicted octanol–water partition coefficient (Wildman–Crippen LogP) is 5.90. The molecule has 2 unspecified atom stereocenters. The molecule has 122 valence electrons. The van der Waals surface area contributed by atoms with Crippen LogP contribution in [0.5, 0.6) is 0 Å². The minimum absolute atomic E-state index is 0.00976. The number of benzene rings is 1. The molecule has 0 fully saturated rings. The third kappa shape index (κ3) is 2.43. The van der Waals surface area contributed by atoms with Gasteiger partial charge in [0, 0.05) is 0 Å². The zero-order chi connectivity index (χ0) is 16.9. The first kappa shape index (κ1) is 17.6. The van der Waals surface area contributed by atoms with Crippen molar-refractivity contribution in [3.63, 3.8) is 0 Å². The summed E-state index contributed by atoms with van der Waals surface area (Å²) in [6, 6.07) is 2.07. The summed E-state index contributed by atoms with van der Waals surface area (Å²) in [6.07, 6.45) is -3.33. The Kier molecular flexibility index (Phi) is 4.30. The Labute approximate surface area is 135 Å². The van der Waals surface area contributed by atoms with Gasteiger partial charge < -0.3 is 5.32 Å². The molecule has 0 aromatic heterocycles. The van der Waals surface area contributed by atoms with Crippen LogP contribution in [0.1, 0.15) is 0 Å². The van der Waals surface area contributed by atoms with Crippen LogP contribution >= 0.6 is 34.8 Å². The summed E-state index contributed by atoms with van der Waals surface area (Å²) >= 11 is 17.0. The summed E-state index contributed by atoms with van der Waals surface area (Å²) in [4.78, 5) is 0. The fraction of sp³-hybridized carbons (Fsp3) is 0.333. The molecule has 0 radical (unpaired) electrons. The molecule has 0 saturated carbocycles. The van der Waals surface area contributed by atoms with E-state index in [2.05, 4.69) is 0 Å². The van der Waals surface area contributed by atoms with Gasteiger partial charge in [-0.2, -0.15) is 17.6 Å². The Morgan fingerprint density at radius 2 is 1.55 bits per heavy atom. The van der Waals surface area contributed by atoms with E-state index in [0.717, 1.165) is 12.1 Å². The maximum absolute atomic E-state index is 14.4. The molecule has 0 aliphatic heterocycles. The highest BCUT2D eigenvalue weighted by atomic mass is 35.5. The minimum atomic E-state index is -5.37. The summed E-state index contributed by atoms with van der Waals surface area (Å²) in [5.74, 6) is -14.7. The lowest BCUT2D eigenvalue weighted by molar-refractivity contribution is -0.275. The van der Waals surface area contributed by atoms with Crippen LogP contribution in [-0.2, 0) is 0 Å². The van der Waals surface area contributed by atoms with E-state index in [1.54, 1.807) is 0 Å². The Morgan fingerprint density at radius 1 is 0.955 bits per heavy atom. The van der Waals surface area contributed by atoms with Gasteiger partial charge in [0.2, 0.25) is 0 Å². The number of anilines is 1. The molecular formula is C12H6Cl3F6N. The normalized spacial score (nSPS) is 29.4. The van der Waals surface area contributed by atoms with Crippen LogP contribution in [0.25, 0.3) is 0 Å². The summed E-state index contributed by atoms with van der Waals surface area (Å²) in [6.45, 7) is 0. The molecule has 2 atom stereocenters. The lowest BCUT2D eigenvalue weighted by atomic mass is 9.90. The van der Waals surface area contributed by atoms with Crippen molar-refractivity contribution in [2.45, 2.75) is 23.8 Å². The van der Waals surface area contributed by atoms with Crippen molar-refractivity contribution < 1.29 is 26.3 Å². The maximum Gasteiger partial charge on any atom is 0.368 e. The highest BCUT2D eigenvalue weighted by Gasteiger charge is 2.74. The van der Waals surface area contributed by atoms with Crippen LogP contribution in [0.2, 0.25) is 15.1 Å². The molecule has 1 N–H and O–H groups in total. The van der Waals surface area contributed by atoms with E-state index in [-0.39, 0.29) is 22.2 Å². The van der Waals surface area contributed by atoms with Crippen molar-refractivity contribution in [2.24, 2.45) is 0 Å². The molecular weight excluding hydrogens is 378 g/mol. The van der Waals surface area contributed by atoms with Crippen LogP contribution in [0, 0.1) is 0 Å². The van der Waals surface area contributed by atoms with Gasteiger partial charge >= 0.3 is 11.8 Å². The van der Waals surface area contributed by atoms with Gasteiger partial charge in [-0.3, -0.25) is 0 Å². The molecule has 1 aliphatic carbocycles. The number of alkyl halides is 6. The lowest BCUT2D eigenvalue weighted by Crippen LogP contribution is -2.64. The van der Waals surface area contributed by atoms with Crippen molar-refractivity contribution in [3.8, 4) is 0 Å². The first-order valence-electron chi connectivity index (χ1n) is 5.63. The summed E-state index contributed by atoms with van der Waals surface area (Å²) in [5, 5.41) is 0.758. The zero-order valence-electron chi connectivity index (χ0n) is 10.3. The van der Waals surface area contributed by atoms with Gasteiger partial charge in [0.1, 0.15) is 0 Å². The van der Waals surface area contributed by atoms with E-state index in [9.17, 15) is 26.3 Å². The maximum atomic E-state index is 14.4. The number of halogens is 9. The van der Waals surface area contributed by atoms with Crippen molar-refractivity contribution in [2.75, 3.05) is 5.32 Å². The minimum Gasteiger partial charge on any atom is -0.344 e. The molecule has 22 heavy (non-hydrogen) atoms. The van der Waals surface area contributed by atoms with Crippen molar-refractivity contribution in [3.05, 3.63) is 39.4 Å². The second-order valence-corrected chi connectivity index (χ2v) is 5.68. The van der Waals surface area contributed by atoms with E-state index >= 15 is 0 Å². The Hall–Kier alpha value is -0.790. The molecule has 1 aliphatic rings. The van der Waals surface area contributed by atoms with Crippen LogP contribution in [0.4, 0.5) is 32.0 Å². The summed E-state index contributed by atoms with van der Waals surface area (Å²) in [5.41, 5.74) is -0.504. The van der Waals surface area contributed by atoms with Gasteiger partial charge in [-0.1, -0.05) is 34.8 Å². The highest BCUT2D eigenvalue weighted by molar-refractivity contribution is 6.49. The van der Waals surface area contributed by atoms with Crippen molar-refractivity contribution >= 4 is 40.5 Å². The van der Waals surface area contributed by atoms with Crippen molar-refractivity contribution in [1.29, 1.82) is 0 Å². The topological polar surface area (TPSA) is 12.0 Å².